The van der Waals surface area contributed by atoms with Crippen molar-refractivity contribution < 1.29 is 22.3 Å². The summed E-state index contributed by atoms with van der Waals surface area (Å²) in [5.41, 5.74) is 1.43. The first kappa shape index (κ1) is 22.3. The molecule has 0 spiro atoms. The zero-order valence-corrected chi connectivity index (χ0v) is 18.2. The van der Waals surface area contributed by atoms with Gasteiger partial charge in [0, 0.05) is 30.4 Å². The molecule has 0 bridgehead atoms. The zero-order chi connectivity index (χ0) is 22.6. The Kier molecular flexibility index (Phi) is 6.60. The number of nitrogens with zero attached hydrogens (tertiary/aromatic N) is 1. The van der Waals surface area contributed by atoms with Crippen LogP contribution in [0.4, 0.5) is 10.1 Å². The molecule has 3 aromatic rings. The van der Waals surface area contributed by atoms with Crippen molar-refractivity contribution in [2.75, 3.05) is 18.9 Å². The van der Waals surface area contributed by atoms with E-state index in [2.05, 4.69) is 4.72 Å². The number of hydrogen-bond acceptors (Lipinski definition) is 4. The Morgan fingerprint density at radius 3 is 2.39 bits per heavy atom. The molecule has 0 unspecified atom stereocenters. The number of carbonyl (C=O) groups is 1. The highest BCUT2D eigenvalue weighted by atomic mass is 32.2. The lowest BCUT2D eigenvalue weighted by atomic mass is 10.1. The monoisotopic (exact) mass is 442 g/mol. The molecule has 0 radical (unpaired) electrons. The van der Waals surface area contributed by atoms with E-state index in [-0.39, 0.29) is 17.0 Å². The molecule has 0 heterocycles. The molecule has 0 aromatic heterocycles. The second-order valence-corrected chi connectivity index (χ2v) is 8.72. The van der Waals surface area contributed by atoms with Crippen molar-refractivity contribution in [3.05, 3.63) is 89.2 Å². The second-order valence-electron chi connectivity index (χ2n) is 7.07. The topological polar surface area (TPSA) is 75.7 Å². The third-order valence-corrected chi connectivity index (χ3v) is 6.30. The molecule has 3 rings (SSSR count). The summed E-state index contributed by atoms with van der Waals surface area (Å²) >= 11 is 0. The van der Waals surface area contributed by atoms with E-state index in [1.54, 1.807) is 68.6 Å². The zero-order valence-electron chi connectivity index (χ0n) is 17.4. The molecule has 6 nitrogen and oxygen atoms in total. The average Bonchev–Trinajstić information content (AvgIpc) is 2.75. The van der Waals surface area contributed by atoms with Gasteiger partial charge in [0.05, 0.1) is 12.0 Å². The lowest BCUT2D eigenvalue weighted by Crippen LogP contribution is -2.27. The maximum absolute atomic E-state index is 13.9. The van der Waals surface area contributed by atoms with Crippen LogP contribution in [0.3, 0.4) is 0 Å². The van der Waals surface area contributed by atoms with E-state index in [4.69, 9.17) is 4.74 Å². The number of methoxy groups -OCH3 is 1. The Hall–Kier alpha value is -3.39. The van der Waals surface area contributed by atoms with Crippen LogP contribution >= 0.6 is 0 Å². The number of hydrogen-bond donors (Lipinski definition) is 1. The fourth-order valence-corrected chi connectivity index (χ4v) is 4.40. The number of anilines is 1. The first-order valence-electron chi connectivity index (χ1n) is 9.47. The van der Waals surface area contributed by atoms with Crippen LogP contribution in [-0.4, -0.2) is 33.4 Å². The lowest BCUT2D eigenvalue weighted by molar-refractivity contribution is 0.0783. The minimum atomic E-state index is -3.93. The predicted octanol–water partition coefficient (Wildman–Crippen LogP) is 4.22. The smallest absolute Gasteiger partial charge is 0.262 e. The van der Waals surface area contributed by atoms with Gasteiger partial charge in [0.15, 0.2) is 0 Å². The minimum absolute atomic E-state index is 0.00606. The van der Waals surface area contributed by atoms with Crippen LogP contribution in [-0.2, 0) is 16.6 Å². The van der Waals surface area contributed by atoms with Gasteiger partial charge in [-0.25, -0.2) is 12.8 Å². The number of nitrogens with one attached hydrogen (secondary N) is 1. The van der Waals surface area contributed by atoms with Gasteiger partial charge in [-0.3, -0.25) is 9.52 Å². The molecular weight excluding hydrogens is 419 g/mol. The van der Waals surface area contributed by atoms with Crippen LogP contribution in [0.2, 0.25) is 0 Å². The number of benzene rings is 3. The van der Waals surface area contributed by atoms with Gasteiger partial charge in [0.1, 0.15) is 11.6 Å². The molecule has 0 fully saturated rings. The summed E-state index contributed by atoms with van der Waals surface area (Å²) < 4.78 is 47.4. The van der Waals surface area contributed by atoms with Crippen molar-refractivity contribution in [2.24, 2.45) is 0 Å². The summed E-state index contributed by atoms with van der Waals surface area (Å²) in [6.07, 6.45) is 0. The molecule has 1 N–H and O–H groups in total. The number of rotatable bonds is 7. The molecule has 3 aromatic carbocycles. The van der Waals surface area contributed by atoms with Gasteiger partial charge in [-0.2, -0.15) is 0 Å². The SMILES string of the molecule is COc1ccc(NS(=O)(=O)c2cc(C(=O)N(C)Cc3ccccc3F)ccc2C)cc1. The van der Waals surface area contributed by atoms with E-state index in [1.165, 1.54) is 24.1 Å². The third-order valence-electron chi connectivity index (χ3n) is 4.78. The highest BCUT2D eigenvalue weighted by molar-refractivity contribution is 7.92. The van der Waals surface area contributed by atoms with E-state index < -0.39 is 21.7 Å². The highest BCUT2D eigenvalue weighted by Gasteiger charge is 2.21. The van der Waals surface area contributed by atoms with Crippen LogP contribution < -0.4 is 9.46 Å². The second kappa shape index (κ2) is 9.18. The Morgan fingerprint density at radius 1 is 1.06 bits per heavy atom. The van der Waals surface area contributed by atoms with Crippen LogP contribution in [0, 0.1) is 12.7 Å². The Morgan fingerprint density at radius 2 is 1.74 bits per heavy atom. The van der Waals surface area contributed by atoms with Crippen LogP contribution in [0.1, 0.15) is 21.5 Å². The van der Waals surface area contributed by atoms with Crippen molar-refractivity contribution in [3.63, 3.8) is 0 Å². The van der Waals surface area contributed by atoms with Gasteiger partial charge in [-0.05, 0) is 55.0 Å². The van der Waals surface area contributed by atoms with Crippen molar-refractivity contribution in [3.8, 4) is 5.75 Å². The molecule has 31 heavy (non-hydrogen) atoms. The summed E-state index contributed by atoms with van der Waals surface area (Å²) in [4.78, 5) is 14.2. The van der Waals surface area contributed by atoms with Crippen LogP contribution in [0.5, 0.6) is 5.75 Å². The van der Waals surface area contributed by atoms with Crippen LogP contribution in [0.25, 0.3) is 0 Å². The van der Waals surface area contributed by atoms with E-state index in [9.17, 15) is 17.6 Å². The Bertz CT molecular complexity index is 1190. The van der Waals surface area contributed by atoms with E-state index in [0.29, 0.717) is 22.6 Å². The van der Waals surface area contributed by atoms with Crippen molar-refractivity contribution in [2.45, 2.75) is 18.4 Å². The molecule has 162 valence electrons. The quantitative estimate of drug-likeness (QED) is 0.595. The fourth-order valence-electron chi connectivity index (χ4n) is 3.07. The molecule has 1 amide bonds. The van der Waals surface area contributed by atoms with Gasteiger partial charge in [-0.15, -0.1) is 0 Å². The van der Waals surface area contributed by atoms with Crippen LogP contribution in [0.15, 0.2) is 71.6 Å². The number of carbonyl (C=O) groups excluding carboxylic acids is 1. The molecule has 8 heteroatoms. The van der Waals surface area contributed by atoms with Gasteiger partial charge in [0.25, 0.3) is 15.9 Å². The predicted molar refractivity (Wildman–Crippen MR) is 117 cm³/mol. The largest absolute Gasteiger partial charge is 0.497 e. The standard InChI is InChI=1S/C23H23FN2O4S/c1-16-8-9-17(23(27)26(2)15-18-6-4-5-7-21(18)24)14-22(16)31(28,29)25-19-10-12-20(30-3)13-11-19/h4-14,25H,15H2,1-3H3. The molecule has 0 atom stereocenters. The van der Waals surface area contributed by atoms with Gasteiger partial charge < -0.3 is 9.64 Å². The molecular formula is C23H23FN2O4S. The molecule has 0 saturated heterocycles. The summed E-state index contributed by atoms with van der Waals surface area (Å²) in [6.45, 7) is 1.71. The van der Waals surface area contributed by atoms with Gasteiger partial charge in [0.2, 0.25) is 0 Å². The van der Waals surface area contributed by atoms with E-state index >= 15 is 0 Å². The normalized spacial score (nSPS) is 11.1. The van der Waals surface area contributed by atoms with Crippen molar-refractivity contribution in [1.82, 2.24) is 4.90 Å². The number of sulfonamides is 1. The Labute approximate surface area is 181 Å². The fraction of sp³-hybridized carbons (Fsp3) is 0.174. The van der Waals surface area contributed by atoms with Crippen molar-refractivity contribution in [1.29, 1.82) is 0 Å². The maximum atomic E-state index is 13.9. The number of ether oxygens (including phenoxy) is 1. The summed E-state index contributed by atoms with van der Waals surface area (Å²) in [5.74, 6) is -0.216. The minimum Gasteiger partial charge on any atom is -0.497 e. The average molecular weight is 443 g/mol. The molecule has 0 saturated carbocycles. The van der Waals surface area contributed by atoms with Gasteiger partial charge in [-0.1, -0.05) is 24.3 Å². The molecule has 0 aliphatic rings. The van der Waals surface area contributed by atoms with E-state index in [0.717, 1.165) is 0 Å². The molecule has 0 aliphatic heterocycles. The lowest BCUT2D eigenvalue weighted by Gasteiger charge is -2.19. The summed E-state index contributed by atoms with van der Waals surface area (Å²) in [5, 5.41) is 0. The molecule has 0 aliphatic carbocycles. The van der Waals surface area contributed by atoms with Crippen molar-refractivity contribution >= 4 is 21.6 Å². The number of amides is 1. The first-order chi connectivity index (χ1) is 14.7. The van der Waals surface area contributed by atoms with Gasteiger partial charge >= 0.3 is 0 Å². The summed E-state index contributed by atoms with van der Waals surface area (Å²) in [7, 11) is -0.870. The summed E-state index contributed by atoms with van der Waals surface area (Å²) in [6, 6.07) is 17.1. The third kappa shape index (κ3) is 5.21. The number of aryl methyl sites for hydroxylation is 1. The maximum Gasteiger partial charge on any atom is 0.262 e. The number of halogens is 1. The Balaban J connectivity index is 1.84. The van der Waals surface area contributed by atoms with E-state index in [1.807, 2.05) is 0 Å². The highest BCUT2D eigenvalue weighted by Crippen LogP contribution is 2.23. The first-order valence-corrected chi connectivity index (χ1v) is 11.0.